The molecule has 1 aromatic carbocycles. The monoisotopic (exact) mass is 296 g/mol. The lowest BCUT2D eigenvalue weighted by Gasteiger charge is -2.26. The van der Waals surface area contributed by atoms with E-state index in [1.807, 2.05) is 18.7 Å². The third-order valence-electron chi connectivity index (χ3n) is 3.82. The Kier molecular flexibility index (Phi) is 5.57. The smallest absolute Gasteiger partial charge is 0.149 e. The number of benzene rings is 1. The molecule has 1 saturated carbocycles. The molecule has 118 valence electrons. The van der Waals surface area contributed by atoms with Crippen LogP contribution >= 0.6 is 0 Å². The van der Waals surface area contributed by atoms with Crippen LogP contribution in [0.25, 0.3) is 0 Å². The highest BCUT2D eigenvalue weighted by Gasteiger charge is 2.32. The highest BCUT2D eigenvalue weighted by molar-refractivity contribution is 5.52. The van der Waals surface area contributed by atoms with Gasteiger partial charge in [0.1, 0.15) is 17.3 Å². The van der Waals surface area contributed by atoms with Crippen LogP contribution in [0, 0.1) is 11.6 Å². The summed E-state index contributed by atoms with van der Waals surface area (Å²) in [5.41, 5.74) is 0.827. The quantitative estimate of drug-likeness (QED) is 0.772. The van der Waals surface area contributed by atoms with E-state index in [9.17, 15) is 8.78 Å². The molecule has 2 rings (SSSR count). The number of unbranched alkanes of at least 4 members (excludes halogenated alkanes) is 1. The van der Waals surface area contributed by atoms with Crippen LogP contribution in [0.1, 0.15) is 52.0 Å². The molecular weight excluding hydrogens is 270 g/mol. The summed E-state index contributed by atoms with van der Waals surface area (Å²) in [5, 5.41) is 3.19. The summed E-state index contributed by atoms with van der Waals surface area (Å²) in [4.78, 5) is 1.92. The van der Waals surface area contributed by atoms with Gasteiger partial charge in [-0.1, -0.05) is 27.2 Å². The standard InChI is InChI=1S/C17H26F2N2/c1-4-5-8-21(14-6-7-14)17-15(18)9-13(10-16(17)19)11-20-12(2)3/h9-10,12,14,20H,4-8,11H2,1-3H3. The van der Waals surface area contributed by atoms with Gasteiger partial charge in [-0.15, -0.1) is 0 Å². The second-order valence-electron chi connectivity index (χ2n) is 6.22. The van der Waals surface area contributed by atoms with E-state index in [2.05, 4.69) is 12.2 Å². The van der Waals surface area contributed by atoms with Crippen LogP contribution in [-0.4, -0.2) is 18.6 Å². The zero-order valence-corrected chi connectivity index (χ0v) is 13.3. The Bertz CT molecular complexity index is 447. The van der Waals surface area contributed by atoms with Crippen molar-refractivity contribution >= 4 is 5.69 Å². The molecule has 1 aliphatic carbocycles. The summed E-state index contributed by atoms with van der Waals surface area (Å²) in [6, 6.07) is 3.55. The topological polar surface area (TPSA) is 15.3 Å². The summed E-state index contributed by atoms with van der Waals surface area (Å²) in [5.74, 6) is -0.864. The molecule has 2 nitrogen and oxygen atoms in total. The molecule has 0 atom stereocenters. The van der Waals surface area contributed by atoms with E-state index in [0.29, 0.717) is 24.2 Å². The fraction of sp³-hybridized carbons (Fsp3) is 0.647. The van der Waals surface area contributed by atoms with E-state index in [0.717, 1.165) is 32.2 Å². The Balaban J connectivity index is 2.18. The van der Waals surface area contributed by atoms with E-state index in [4.69, 9.17) is 0 Å². The van der Waals surface area contributed by atoms with Crippen LogP contribution in [0.2, 0.25) is 0 Å². The van der Waals surface area contributed by atoms with Gasteiger partial charge >= 0.3 is 0 Å². The summed E-state index contributed by atoms with van der Waals surface area (Å²) in [6.07, 6.45) is 4.08. The molecule has 0 bridgehead atoms. The van der Waals surface area contributed by atoms with Crippen molar-refractivity contribution in [3.05, 3.63) is 29.3 Å². The van der Waals surface area contributed by atoms with Crippen molar-refractivity contribution in [2.45, 2.75) is 65.1 Å². The van der Waals surface area contributed by atoms with Crippen molar-refractivity contribution in [3.63, 3.8) is 0 Å². The molecule has 1 aliphatic rings. The maximum absolute atomic E-state index is 14.4. The summed E-state index contributed by atoms with van der Waals surface area (Å²) < 4.78 is 28.8. The second kappa shape index (κ2) is 7.21. The molecule has 0 aliphatic heterocycles. The molecule has 1 N–H and O–H groups in total. The van der Waals surface area contributed by atoms with Crippen molar-refractivity contribution in [1.29, 1.82) is 0 Å². The molecule has 0 radical (unpaired) electrons. The van der Waals surface area contributed by atoms with Crippen molar-refractivity contribution < 1.29 is 8.78 Å². The van der Waals surface area contributed by atoms with Gasteiger partial charge in [-0.2, -0.15) is 0 Å². The zero-order chi connectivity index (χ0) is 15.4. The SMILES string of the molecule is CCCCN(c1c(F)cc(CNC(C)C)cc1F)C1CC1. The molecule has 0 aromatic heterocycles. The number of nitrogens with one attached hydrogen (secondary N) is 1. The second-order valence-corrected chi connectivity index (χ2v) is 6.22. The number of hydrogen-bond donors (Lipinski definition) is 1. The molecule has 0 unspecified atom stereocenters. The lowest BCUT2D eigenvalue weighted by Crippen LogP contribution is -2.29. The summed E-state index contributed by atoms with van der Waals surface area (Å²) in [6.45, 7) is 7.35. The summed E-state index contributed by atoms with van der Waals surface area (Å²) >= 11 is 0. The van der Waals surface area contributed by atoms with Crippen LogP contribution in [0.5, 0.6) is 0 Å². The first-order chi connectivity index (χ1) is 10.0. The third-order valence-corrected chi connectivity index (χ3v) is 3.82. The van der Waals surface area contributed by atoms with E-state index < -0.39 is 11.6 Å². The van der Waals surface area contributed by atoms with Gasteiger partial charge in [-0.3, -0.25) is 0 Å². The molecule has 0 amide bonds. The first kappa shape index (κ1) is 16.2. The minimum Gasteiger partial charge on any atom is -0.364 e. The van der Waals surface area contributed by atoms with E-state index in [1.165, 1.54) is 12.1 Å². The number of rotatable bonds is 8. The predicted octanol–water partition coefficient (Wildman–Crippen LogP) is 4.23. The minimum absolute atomic E-state index is 0.166. The van der Waals surface area contributed by atoms with E-state index >= 15 is 0 Å². The Labute approximate surface area is 126 Å². The van der Waals surface area contributed by atoms with Crippen molar-refractivity contribution in [1.82, 2.24) is 5.32 Å². The average Bonchev–Trinajstić information content (AvgIpc) is 3.23. The van der Waals surface area contributed by atoms with Gasteiger partial charge in [0.2, 0.25) is 0 Å². The largest absolute Gasteiger partial charge is 0.364 e. The Hall–Kier alpha value is -1.16. The number of hydrogen-bond acceptors (Lipinski definition) is 2. The third kappa shape index (κ3) is 4.40. The average molecular weight is 296 g/mol. The van der Waals surface area contributed by atoms with Crippen molar-refractivity contribution in [2.24, 2.45) is 0 Å². The predicted molar refractivity (Wildman–Crippen MR) is 83.6 cm³/mol. The maximum atomic E-state index is 14.4. The first-order valence-corrected chi connectivity index (χ1v) is 8.00. The van der Waals surface area contributed by atoms with Gasteiger partial charge in [0.15, 0.2) is 0 Å². The van der Waals surface area contributed by atoms with Crippen LogP contribution in [0.15, 0.2) is 12.1 Å². The Morgan fingerprint density at radius 3 is 2.33 bits per heavy atom. The van der Waals surface area contributed by atoms with Gasteiger partial charge < -0.3 is 10.2 Å². The maximum Gasteiger partial charge on any atom is 0.149 e. The summed E-state index contributed by atoms with van der Waals surface area (Å²) in [7, 11) is 0. The van der Waals surface area contributed by atoms with Crippen LogP contribution in [0.3, 0.4) is 0 Å². The van der Waals surface area contributed by atoms with Crippen molar-refractivity contribution in [3.8, 4) is 0 Å². The van der Waals surface area contributed by atoms with E-state index in [1.54, 1.807) is 0 Å². The van der Waals surface area contributed by atoms with Crippen molar-refractivity contribution in [2.75, 3.05) is 11.4 Å². The molecule has 21 heavy (non-hydrogen) atoms. The molecule has 0 heterocycles. The highest BCUT2D eigenvalue weighted by atomic mass is 19.1. The van der Waals surface area contributed by atoms with Gasteiger partial charge in [-0.25, -0.2) is 8.78 Å². The molecular formula is C17H26F2N2. The van der Waals surface area contributed by atoms with Gasteiger partial charge in [0, 0.05) is 25.2 Å². The van der Waals surface area contributed by atoms with Crippen LogP contribution < -0.4 is 10.2 Å². The van der Waals surface area contributed by atoms with Gasteiger partial charge in [0.05, 0.1) is 0 Å². The number of anilines is 1. The molecule has 0 saturated heterocycles. The fourth-order valence-corrected chi connectivity index (χ4v) is 2.51. The molecule has 1 fully saturated rings. The lowest BCUT2D eigenvalue weighted by molar-refractivity contribution is 0.550. The zero-order valence-electron chi connectivity index (χ0n) is 13.3. The molecule has 4 heteroatoms. The molecule has 1 aromatic rings. The Morgan fingerprint density at radius 2 is 1.86 bits per heavy atom. The number of halogens is 2. The highest BCUT2D eigenvalue weighted by Crippen LogP contribution is 2.35. The van der Waals surface area contributed by atoms with E-state index in [-0.39, 0.29) is 5.69 Å². The fourth-order valence-electron chi connectivity index (χ4n) is 2.51. The van der Waals surface area contributed by atoms with Gasteiger partial charge in [0.25, 0.3) is 0 Å². The number of nitrogens with zero attached hydrogens (tertiary/aromatic N) is 1. The Morgan fingerprint density at radius 1 is 1.24 bits per heavy atom. The minimum atomic E-state index is -0.432. The first-order valence-electron chi connectivity index (χ1n) is 8.00. The van der Waals surface area contributed by atoms with Crippen LogP contribution in [-0.2, 0) is 6.54 Å². The lowest BCUT2D eigenvalue weighted by atomic mass is 10.1. The van der Waals surface area contributed by atoms with Crippen LogP contribution in [0.4, 0.5) is 14.5 Å². The normalized spacial score (nSPS) is 14.8. The van der Waals surface area contributed by atoms with Gasteiger partial charge in [-0.05, 0) is 37.0 Å². The molecule has 0 spiro atoms.